The normalized spacial score (nSPS) is 20.5. The van der Waals surface area contributed by atoms with Gasteiger partial charge in [0.15, 0.2) is 0 Å². The lowest BCUT2D eigenvalue weighted by Crippen LogP contribution is -2.34. The molecule has 0 spiro atoms. The van der Waals surface area contributed by atoms with Crippen LogP contribution in [-0.2, 0) is 0 Å². The van der Waals surface area contributed by atoms with Crippen LogP contribution < -0.4 is 5.73 Å². The highest BCUT2D eigenvalue weighted by molar-refractivity contribution is 7.14. The van der Waals surface area contributed by atoms with Crippen LogP contribution in [0.15, 0.2) is 48.7 Å². The summed E-state index contributed by atoms with van der Waals surface area (Å²) in [5.74, 6) is 0.921. The van der Waals surface area contributed by atoms with Gasteiger partial charge < -0.3 is 15.5 Å². The van der Waals surface area contributed by atoms with Gasteiger partial charge in [0.2, 0.25) is 0 Å². The number of likely N-dealkylation sites (tertiary alicyclic amines) is 2. The van der Waals surface area contributed by atoms with E-state index >= 15 is 0 Å². The van der Waals surface area contributed by atoms with Crippen molar-refractivity contribution < 1.29 is 9.59 Å². The highest BCUT2D eigenvalue weighted by Gasteiger charge is 2.42. The third-order valence-electron chi connectivity index (χ3n) is 7.83. The fourth-order valence-electron chi connectivity index (χ4n) is 6.10. The van der Waals surface area contributed by atoms with Gasteiger partial charge in [0, 0.05) is 43.2 Å². The van der Waals surface area contributed by atoms with Crippen LogP contribution in [0.5, 0.6) is 0 Å². The third-order valence-corrected chi connectivity index (χ3v) is 8.91. The number of aryl methyl sites for hydroxylation is 3. The van der Waals surface area contributed by atoms with Crippen LogP contribution in [0.2, 0.25) is 0 Å². The second kappa shape index (κ2) is 10.1. The molecule has 5 rings (SSSR count). The first-order valence-corrected chi connectivity index (χ1v) is 13.5. The lowest BCUT2D eigenvalue weighted by molar-refractivity contribution is 0.0771. The summed E-state index contributed by atoms with van der Waals surface area (Å²) in [6.45, 7) is 10.5. The van der Waals surface area contributed by atoms with Crippen molar-refractivity contribution >= 4 is 23.2 Å². The third kappa shape index (κ3) is 4.82. The average Bonchev–Trinajstić information content (AvgIpc) is 3.53. The maximum absolute atomic E-state index is 13.3. The molecule has 36 heavy (non-hydrogen) atoms. The first kappa shape index (κ1) is 24.7. The topological polar surface area (TPSA) is 79.5 Å². The van der Waals surface area contributed by atoms with Gasteiger partial charge in [-0.05, 0) is 74.4 Å². The molecule has 2 saturated heterocycles. The summed E-state index contributed by atoms with van der Waals surface area (Å²) >= 11 is 1.49. The van der Waals surface area contributed by atoms with E-state index in [0.717, 1.165) is 66.4 Å². The molecule has 6 nitrogen and oxygen atoms in total. The highest BCUT2D eigenvalue weighted by atomic mass is 32.1. The first-order valence-electron chi connectivity index (χ1n) is 12.7. The fraction of sp³-hybridized carbons (Fsp3) is 0.414. The minimum atomic E-state index is -0.344. The number of amides is 2. The Bertz CT molecular complexity index is 1240. The van der Waals surface area contributed by atoms with E-state index in [2.05, 4.69) is 40.2 Å². The molecule has 2 amide bonds. The fourth-order valence-corrected chi connectivity index (χ4v) is 7.03. The molecule has 4 heterocycles. The van der Waals surface area contributed by atoms with Crippen LogP contribution in [0.1, 0.15) is 59.6 Å². The number of rotatable bonds is 7. The molecule has 0 bridgehead atoms. The minimum Gasteiger partial charge on any atom is -0.365 e. The van der Waals surface area contributed by atoms with Gasteiger partial charge >= 0.3 is 0 Å². The van der Waals surface area contributed by atoms with Crippen molar-refractivity contribution in [3.05, 3.63) is 86.4 Å². The number of hydrogen-bond acceptors (Lipinski definition) is 5. The molecule has 188 valence electrons. The number of nitrogens with two attached hydrogens (primary N) is 1. The van der Waals surface area contributed by atoms with E-state index in [1.54, 1.807) is 6.20 Å². The van der Waals surface area contributed by atoms with Crippen molar-refractivity contribution in [1.82, 2.24) is 14.8 Å². The first-order chi connectivity index (χ1) is 17.3. The molecule has 2 aliphatic heterocycles. The largest absolute Gasteiger partial charge is 0.365 e. The number of fused-ring (bicyclic) bond motifs is 1. The van der Waals surface area contributed by atoms with Crippen LogP contribution >= 0.6 is 11.3 Å². The van der Waals surface area contributed by atoms with Crippen LogP contribution in [0.25, 0.3) is 0 Å². The van der Waals surface area contributed by atoms with Crippen molar-refractivity contribution in [2.45, 2.75) is 33.1 Å². The molecule has 2 unspecified atom stereocenters. The molecular formula is C29H34N4O2S. The maximum Gasteiger partial charge on any atom is 0.259 e. The number of thiophene rings is 1. The van der Waals surface area contributed by atoms with Crippen molar-refractivity contribution in [2.24, 2.45) is 17.6 Å². The zero-order chi connectivity index (χ0) is 25.4. The molecule has 2 aliphatic rings. The lowest BCUT2D eigenvalue weighted by Gasteiger charge is -2.25. The molecule has 3 atom stereocenters. The van der Waals surface area contributed by atoms with Gasteiger partial charge in [-0.25, -0.2) is 0 Å². The number of pyridine rings is 1. The van der Waals surface area contributed by atoms with Gasteiger partial charge in [0.05, 0.1) is 16.1 Å². The van der Waals surface area contributed by atoms with Crippen molar-refractivity contribution in [1.29, 1.82) is 0 Å². The summed E-state index contributed by atoms with van der Waals surface area (Å²) < 4.78 is 0. The molecule has 3 aromatic rings. The predicted octanol–water partition coefficient (Wildman–Crippen LogP) is 4.39. The van der Waals surface area contributed by atoms with Crippen LogP contribution in [0, 0.1) is 32.6 Å². The van der Waals surface area contributed by atoms with Crippen LogP contribution in [0.3, 0.4) is 0 Å². The second-order valence-corrected chi connectivity index (χ2v) is 11.6. The quantitative estimate of drug-likeness (QED) is 0.520. The number of carbonyl (C=O) groups excluding carboxylic acids is 2. The number of benzene rings is 1. The van der Waals surface area contributed by atoms with Gasteiger partial charge in [-0.15, -0.1) is 11.3 Å². The summed E-state index contributed by atoms with van der Waals surface area (Å²) in [6.07, 6.45) is 2.70. The zero-order valence-electron chi connectivity index (χ0n) is 21.2. The summed E-state index contributed by atoms with van der Waals surface area (Å²) in [5, 5.41) is 0. The maximum atomic E-state index is 13.3. The number of aromatic nitrogens is 1. The Balaban J connectivity index is 1.25. The summed E-state index contributed by atoms with van der Waals surface area (Å²) in [7, 11) is 0. The molecule has 7 heteroatoms. The van der Waals surface area contributed by atoms with Gasteiger partial charge in [-0.1, -0.05) is 30.3 Å². The van der Waals surface area contributed by atoms with E-state index in [1.807, 2.05) is 37.8 Å². The number of carbonyl (C=O) groups is 2. The molecule has 0 aliphatic carbocycles. The van der Waals surface area contributed by atoms with E-state index in [9.17, 15) is 9.59 Å². The Morgan fingerprint density at radius 3 is 2.39 bits per heavy atom. The number of hydrogen-bond donors (Lipinski definition) is 1. The summed E-state index contributed by atoms with van der Waals surface area (Å²) in [6, 6.07) is 14.5. The number of nitrogens with zero attached hydrogens (tertiary/aromatic N) is 3. The van der Waals surface area contributed by atoms with Crippen LogP contribution in [-0.4, -0.2) is 59.3 Å². The molecule has 2 fully saturated rings. The molecule has 2 aromatic heterocycles. The van der Waals surface area contributed by atoms with Crippen molar-refractivity contribution in [3.63, 3.8) is 0 Å². The smallest absolute Gasteiger partial charge is 0.259 e. The van der Waals surface area contributed by atoms with E-state index < -0.39 is 0 Å². The Morgan fingerprint density at radius 1 is 1.06 bits per heavy atom. The van der Waals surface area contributed by atoms with E-state index in [0.29, 0.717) is 16.7 Å². The number of primary amides is 1. The standard InChI is InChI=1S/C29H34N4O2S/c1-18-9-11-31-20(3)26(18)29(35)33-16-22-14-32(15-23(22)17-33)12-10-24(21-7-5-4-6-8-21)25-13-19(2)36-27(25)28(30)34/h4-9,11,13,22-24H,10,12,14-17H2,1-3H3,(H2,30,34)/t22?,23?,24-/m0/s1. The highest BCUT2D eigenvalue weighted by Crippen LogP contribution is 2.37. The SMILES string of the molecule is Cc1cc([C@@H](CCN2CC3CN(C(=O)c4c(C)ccnc4C)CC3C2)c2ccccc2)c(C(N)=O)s1. The van der Waals surface area contributed by atoms with E-state index in [4.69, 9.17) is 5.73 Å². The van der Waals surface area contributed by atoms with Gasteiger partial charge in [0.25, 0.3) is 11.8 Å². The van der Waals surface area contributed by atoms with Crippen molar-refractivity contribution in [3.8, 4) is 0 Å². The molecule has 0 saturated carbocycles. The van der Waals surface area contributed by atoms with Crippen molar-refractivity contribution in [2.75, 3.05) is 32.7 Å². The van der Waals surface area contributed by atoms with E-state index in [-0.39, 0.29) is 17.7 Å². The Kier molecular flexibility index (Phi) is 6.95. The second-order valence-electron chi connectivity index (χ2n) is 10.3. The Labute approximate surface area is 217 Å². The molecule has 2 N–H and O–H groups in total. The van der Waals surface area contributed by atoms with Crippen LogP contribution in [0.4, 0.5) is 0 Å². The van der Waals surface area contributed by atoms with E-state index in [1.165, 1.54) is 16.9 Å². The van der Waals surface area contributed by atoms with Gasteiger partial charge in [-0.3, -0.25) is 14.6 Å². The summed E-state index contributed by atoms with van der Waals surface area (Å²) in [4.78, 5) is 36.1. The Morgan fingerprint density at radius 2 is 1.75 bits per heavy atom. The summed E-state index contributed by atoms with van der Waals surface area (Å²) in [5.41, 5.74) is 10.6. The molecule has 1 aromatic carbocycles. The van der Waals surface area contributed by atoms with Gasteiger partial charge in [0.1, 0.15) is 0 Å². The Hall–Kier alpha value is -3.03. The molecule has 0 radical (unpaired) electrons. The zero-order valence-corrected chi connectivity index (χ0v) is 22.1. The van der Waals surface area contributed by atoms with Gasteiger partial charge in [-0.2, -0.15) is 0 Å². The lowest BCUT2D eigenvalue weighted by atomic mass is 9.88. The monoisotopic (exact) mass is 502 g/mol. The average molecular weight is 503 g/mol. The minimum absolute atomic E-state index is 0.120. The molecular weight excluding hydrogens is 468 g/mol. The predicted molar refractivity (Wildman–Crippen MR) is 144 cm³/mol.